The first-order valence-electron chi connectivity index (χ1n) is 7.82. The van der Waals surface area contributed by atoms with Crippen LogP contribution < -0.4 is 4.90 Å². The summed E-state index contributed by atoms with van der Waals surface area (Å²) in [4.78, 5) is 9.32. The molecule has 0 spiro atoms. The largest absolute Gasteiger partial charge is 0.354 e. The average Bonchev–Trinajstić information content (AvgIpc) is 3.00. The van der Waals surface area contributed by atoms with Crippen LogP contribution in [0.1, 0.15) is 0 Å². The first kappa shape index (κ1) is 13.3. The van der Waals surface area contributed by atoms with Crippen LogP contribution in [-0.4, -0.2) is 40.6 Å². The Bertz CT molecular complexity index is 742. The van der Waals surface area contributed by atoms with Gasteiger partial charge in [0, 0.05) is 44.1 Å². The standard InChI is InChI=1S/C18H20N4/c1-2-6-17-16(5-1)8-10-22(17)15-20-11-13-21(14-12-20)18-7-3-4-9-19-18/h1-10H,11-15H2. The van der Waals surface area contributed by atoms with Crippen molar-refractivity contribution in [2.45, 2.75) is 6.67 Å². The topological polar surface area (TPSA) is 24.3 Å². The number of pyridine rings is 1. The number of piperazine rings is 1. The average molecular weight is 292 g/mol. The normalized spacial score (nSPS) is 16.3. The van der Waals surface area contributed by atoms with Crippen LogP contribution in [0.25, 0.3) is 10.9 Å². The van der Waals surface area contributed by atoms with E-state index in [1.807, 2.05) is 12.3 Å². The smallest absolute Gasteiger partial charge is 0.128 e. The van der Waals surface area contributed by atoms with Crippen LogP contribution >= 0.6 is 0 Å². The quantitative estimate of drug-likeness (QED) is 0.742. The van der Waals surface area contributed by atoms with E-state index in [9.17, 15) is 0 Å². The van der Waals surface area contributed by atoms with E-state index in [1.165, 1.54) is 10.9 Å². The molecule has 0 radical (unpaired) electrons. The maximum atomic E-state index is 4.45. The molecular weight excluding hydrogens is 272 g/mol. The molecule has 0 atom stereocenters. The van der Waals surface area contributed by atoms with Crippen molar-refractivity contribution in [1.82, 2.24) is 14.5 Å². The molecule has 0 unspecified atom stereocenters. The summed E-state index contributed by atoms with van der Waals surface area (Å²) in [6.07, 6.45) is 4.06. The molecule has 3 heterocycles. The van der Waals surface area contributed by atoms with Crippen LogP contribution in [-0.2, 0) is 6.67 Å². The maximum absolute atomic E-state index is 4.45. The Labute approximate surface area is 130 Å². The maximum Gasteiger partial charge on any atom is 0.128 e. The molecule has 1 aromatic carbocycles. The Hall–Kier alpha value is -2.33. The van der Waals surface area contributed by atoms with Crippen molar-refractivity contribution >= 4 is 16.7 Å². The highest BCUT2D eigenvalue weighted by Gasteiger charge is 2.18. The minimum atomic E-state index is 0.962. The Morgan fingerprint density at radius 2 is 1.68 bits per heavy atom. The van der Waals surface area contributed by atoms with Gasteiger partial charge in [-0.3, -0.25) is 4.90 Å². The van der Waals surface area contributed by atoms with Crippen molar-refractivity contribution in [3.63, 3.8) is 0 Å². The number of anilines is 1. The monoisotopic (exact) mass is 292 g/mol. The molecular formula is C18H20N4. The van der Waals surface area contributed by atoms with Crippen LogP contribution in [0.5, 0.6) is 0 Å². The third kappa shape index (κ3) is 2.57. The fourth-order valence-corrected chi connectivity index (χ4v) is 3.14. The van der Waals surface area contributed by atoms with Gasteiger partial charge in [0.25, 0.3) is 0 Å². The molecule has 1 aliphatic rings. The molecule has 1 aliphatic heterocycles. The molecule has 3 aromatic rings. The second-order valence-corrected chi connectivity index (χ2v) is 5.78. The number of aromatic nitrogens is 2. The van der Waals surface area contributed by atoms with Crippen molar-refractivity contribution < 1.29 is 0 Å². The van der Waals surface area contributed by atoms with Gasteiger partial charge in [-0.2, -0.15) is 0 Å². The molecule has 0 aliphatic carbocycles. The van der Waals surface area contributed by atoms with Gasteiger partial charge >= 0.3 is 0 Å². The molecule has 0 amide bonds. The van der Waals surface area contributed by atoms with E-state index in [0.717, 1.165) is 38.7 Å². The highest BCUT2D eigenvalue weighted by molar-refractivity contribution is 5.79. The van der Waals surface area contributed by atoms with Gasteiger partial charge < -0.3 is 9.47 Å². The first-order chi connectivity index (χ1) is 10.9. The fourth-order valence-electron chi connectivity index (χ4n) is 3.14. The Morgan fingerprint density at radius 1 is 0.864 bits per heavy atom. The van der Waals surface area contributed by atoms with Crippen LogP contribution in [0, 0.1) is 0 Å². The Morgan fingerprint density at radius 3 is 2.50 bits per heavy atom. The van der Waals surface area contributed by atoms with Gasteiger partial charge in [0.05, 0.1) is 6.67 Å². The molecule has 4 rings (SSSR count). The molecule has 0 bridgehead atoms. The van der Waals surface area contributed by atoms with E-state index in [4.69, 9.17) is 0 Å². The molecule has 4 heteroatoms. The third-order valence-corrected chi connectivity index (χ3v) is 4.38. The van der Waals surface area contributed by atoms with Gasteiger partial charge in [0.1, 0.15) is 5.82 Å². The SMILES string of the molecule is c1ccc(N2CCN(Cn3ccc4ccccc43)CC2)nc1. The molecule has 1 fully saturated rings. The summed E-state index contributed by atoms with van der Waals surface area (Å²) in [5.41, 5.74) is 1.31. The molecule has 22 heavy (non-hydrogen) atoms. The van der Waals surface area contributed by atoms with Crippen LogP contribution in [0.2, 0.25) is 0 Å². The van der Waals surface area contributed by atoms with Crippen molar-refractivity contribution in [2.24, 2.45) is 0 Å². The van der Waals surface area contributed by atoms with E-state index in [-0.39, 0.29) is 0 Å². The number of para-hydroxylation sites is 1. The summed E-state index contributed by atoms with van der Waals surface area (Å²) in [7, 11) is 0. The number of hydrogen-bond acceptors (Lipinski definition) is 3. The summed E-state index contributed by atoms with van der Waals surface area (Å²) in [6, 6.07) is 16.9. The highest BCUT2D eigenvalue weighted by Crippen LogP contribution is 2.17. The van der Waals surface area contributed by atoms with E-state index in [2.05, 4.69) is 68.0 Å². The summed E-state index contributed by atoms with van der Waals surface area (Å²) in [6.45, 7) is 5.18. The lowest BCUT2D eigenvalue weighted by atomic mass is 10.2. The van der Waals surface area contributed by atoms with Gasteiger partial charge in [-0.25, -0.2) is 4.98 Å². The molecule has 4 nitrogen and oxygen atoms in total. The van der Waals surface area contributed by atoms with Crippen LogP contribution in [0.15, 0.2) is 60.9 Å². The minimum absolute atomic E-state index is 0.962. The lowest BCUT2D eigenvalue weighted by Gasteiger charge is -2.35. The molecule has 2 aromatic heterocycles. The van der Waals surface area contributed by atoms with E-state index >= 15 is 0 Å². The molecule has 0 N–H and O–H groups in total. The van der Waals surface area contributed by atoms with Gasteiger partial charge in [0.2, 0.25) is 0 Å². The number of benzene rings is 1. The lowest BCUT2D eigenvalue weighted by Crippen LogP contribution is -2.47. The minimum Gasteiger partial charge on any atom is -0.354 e. The van der Waals surface area contributed by atoms with E-state index in [0.29, 0.717) is 0 Å². The van der Waals surface area contributed by atoms with Crippen molar-refractivity contribution in [1.29, 1.82) is 0 Å². The number of rotatable bonds is 3. The molecule has 112 valence electrons. The lowest BCUT2D eigenvalue weighted by molar-refractivity contribution is 0.209. The van der Waals surface area contributed by atoms with Gasteiger partial charge in [-0.05, 0) is 29.7 Å². The first-order valence-corrected chi connectivity index (χ1v) is 7.82. The predicted octanol–water partition coefficient (Wildman–Crippen LogP) is 2.82. The Kier molecular flexibility index (Phi) is 3.52. The molecule has 0 saturated carbocycles. The second kappa shape index (κ2) is 5.81. The van der Waals surface area contributed by atoms with Crippen molar-refractivity contribution in [3.8, 4) is 0 Å². The Balaban J connectivity index is 1.42. The molecule has 1 saturated heterocycles. The zero-order valence-electron chi connectivity index (χ0n) is 12.6. The fraction of sp³-hybridized carbons (Fsp3) is 0.278. The summed E-state index contributed by atoms with van der Waals surface area (Å²) >= 11 is 0. The van der Waals surface area contributed by atoms with Crippen LogP contribution in [0.3, 0.4) is 0 Å². The van der Waals surface area contributed by atoms with Crippen molar-refractivity contribution in [3.05, 3.63) is 60.9 Å². The highest BCUT2D eigenvalue weighted by atomic mass is 15.3. The summed E-state index contributed by atoms with van der Waals surface area (Å²) < 4.78 is 2.34. The van der Waals surface area contributed by atoms with E-state index in [1.54, 1.807) is 0 Å². The zero-order chi connectivity index (χ0) is 14.8. The van der Waals surface area contributed by atoms with Crippen molar-refractivity contribution in [2.75, 3.05) is 31.1 Å². The second-order valence-electron chi connectivity index (χ2n) is 5.78. The van der Waals surface area contributed by atoms with Gasteiger partial charge in [0.15, 0.2) is 0 Å². The van der Waals surface area contributed by atoms with E-state index < -0.39 is 0 Å². The number of fused-ring (bicyclic) bond motifs is 1. The van der Waals surface area contributed by atoms with Gasteiger partial charge in [-0.1, -0.05) is 24.3 Å². The van der Waals surface area contributed by atoms with Gasteiger partial charge in [-0.15, -0.1) is 0 Å². The summed E-state index contributed by atoms with van der Waals surface area (Å²) in [5.74, 6) is 1.09. The van der Waals surface area contributed by atoms with Crippen LogP contribution in [0.4, 0.5) is 5.82 Å². The third-order valence-electron chi connectivity index (χ3n) is 4.38. The number of nitrogens with zero attached hydrogens (tertiary/aromatic N) is 4. The zero-order valence-corrected chi connectivity index (χ0v) is 12.6. The predicted molar refractivity (Wildman–Crippen MR) is 90.0 cm³/mol. The summed E-state index contributed by atoms with van der Waals surface area (Å²) in [5, 5.41) is 1.31. The number of hydrogen-bond donors (Lipinski definition) is 0.